The summed E-state index contributed by atoms with van der Waals surface area (Å²) >= 11 is 0. The zero-order valence-electron chi connectivity index (χ0n) is 20.2. The van der Waals surface area contributed by atoms with Gasteiger partial charge in [-0.15, -0.1) is 0 Å². The van der Waals surface area contributed by atoms with Crippen molar-refractivity contribution in [1.82, 2.24) is 19.7 Å². The van der Waals surface area contributed by atoms with Crippen LogP contribution in [-0.2, 0) is 14.3 Å². The van der Waals surface area contributed by atoms with E-state index in [2.05, 4.69) is 15.1 Å². The third kappa shape index (κ3) is 4.66. The highest BCUT2D eigenvalue weighted by Crippen LogP contribution is 2.32. The van der Waals surface area contributed by atoms with Crippen LogP contribution >= 0.6 is 0 Å². The molecule has 3 aliphatic rings. The van der Waals surface area contributed by atoms with E-state index < -0.39 is 6.10 Å². The largest absolute Gasteiger partial charge is 0.372 e. The molecule has 2 aliphatic heterocycles. The summed E-state index contributed by atoms with van der Waals surface area (Å²) in [4.78, 5) is 15.4. The highest BCUT2D eigenvalue weighted by Gasteiger charge is 2.36. The molecule has 1 aliphatic carbocycles. The number of benzene rings is 1. The van der Waals surface area contributed by atoms with Crippen LogP contribution in [0.15, 0.2) is 71.0 Å². The predicted octanol–water partition coefficient (Wildman–Crippen LogP) is 3.44. The SMILES string of the molecule is COC1CN(C2=C(F)C=C(N3CC(C)O[C@H](C)C3)CC2)N=C(c2ccnn2-c2ccccc2)C1=O. The molecular weight excluding hydrogens is 449 g/mol. The van der Waals surface area contributed by atoms with Gasteiger partial charge in [0.15, 0.2) is 5.71 Å². The molecule has 35 heavy (non-hydrogen) atoms. The van der Waals surface area contributed by atoms with Gasteiger partial charge in [-0.1, -0.05) is 18.2 Å². The third-order valence-electron chi connectivity index (χ3n) is 6.58. The number of methoxy groups -OCH3 is 1. The minimum Gasteiger partial charge on any atom is -0.372 e. The maximum Gasteiger partial charge on any atom is 0.215 e. The minimum absolute atomic E-state index is 0.102. The molecule has 2 aromatic rings. The van der Waals surface area contributed by atoms with Gasteiger partial charge in [-0.05, 0) is 51.0 Å². The van der Waals surface area contributed by atoms with E-state index in [0.717, 1.165) is 24.5 Å². The number of rotatable bonds is 5. The van der Waals surface area contributed by atoms with Crippen LogP contribution in [0.1, 0.15) is 32.4 Å². The molecule has 0 amide bonds. The number of ketones is 1. The monoisotopic (exact) mass is 479 g/mol. The highest BCUT2D eigenvalue weighted by molar-refractivity contribution is 6.47. The van der Waals surface area contributed by atoms with E-state index in [9.17, 15) is 4.79 Å². The first kappa shape index (κ1) is 23.4. The number of para-hydroxylation sites is 1. The fraction of sp³-hybridized carbons (Fsp3) is 0.423. The van der Waals surface area contributed by atoms with E-state index in [-0.39, 0.29) is 36.1 Å². The van der Waals surface area contributed by atoms with Crippen molar-refractivity contribution >= 4 is 11.5 Å². The quantitative estimate of drug-likeness (QED) is 0.654. The Morgan fingerprint density at radius 1 is 1.06 bits per heavy atom. The molecule has 1 aromatic heterocycles. The molecule has 0 bridgehead atoms. The van der Waals surface area contributed by atoms with Crippen LogP contribution in [0.5, 0.6) is 0 Å². The standard InChI is InChI=1S/C26H30FN5O3/c1-17-14-30(15-18(2)35-17)20-9-10-22(21(27)13-20)31-16-24(34-3)26(33)25(29-31)23-11-12-28-32(23)19-7-5-4-6-8-19/h4-8,11-13,17-18,24H,9-10,14-16H2,1-3H3/t17-,18?,24?/m1/s1. The Balaban J connectivity index is 1.48. The van der Waals surface area contributed by atoms with Gasteiger partial charge in [-0.3, -0.25) is 9.80 Å². The number of hydrogen-bond acceptors (Lipinski definition) is 7. The van der Waals surface area contributed by atoms with E-state index in [1.165, 1.54) is 7.11 Å². The van der Waals surface area contributed by atoms with E-state index in [4.69, 9.17) is 9.47 Å². The van der Waals surface area contributed by atoms with E-state index in [1.807, 2.05) is 44.2 Å². The molecule has 1 aromatic carbocycles. The van der Waals surface area contributed by atoms with E-state index in [0.29, 0.717) is 24.2 Å². The molecule has 1 fully saturated rings. The molecule has 0 radical (unpaired) electrons. The predicted molar refractivity (Wildman–Crippen MR) is 130 cm³/mol. The molecule has 8 nitrogen and oxygen atoms in total. The Hall–Kier alpha value is -3.30. The number of ether oxygens (including phenoxy) is 2. The number of hydrogen-bond donors (Lipinski definition) is 0. The number of hydrazone groups is 1. The van der Waals surface area contributed by atoms with Gasteiger partial charge in [0.25, 0.3) is 0 Å². The van der Waals surface area contributed by atoms with Crippen LogP contribution in [0.3, 0.4) is 0 Å². The van der Waals surface area contributed by atoms with Crippen molar-refractivity contribution in [2.24, 2.45) is 5.10 Å². The second-order valence-corrected chi connectivity index (χ2v) is 9.18. The Labute approximate surface area is 204 Å². The summed E-state index contributed by atoms with van der Waals surface area (Å²) in [5.74, 6) is -0.576. The van der Waals surface area contributed by atoms with Crippen molar-refractivity contribution in [1.29, 1.82) is 0 Å². The first-order valence-corrected chi connectivity index (χ1v) is 12.0. The molecule has 3 heterocycles. The molecule has 0 spiro atoms. The second-order valence-electron chi connectivity index (χ2n) is 9.18. The molecule has 5 rings (SSSR count). The normalized spacial score (nSPS) is 25.6. The van der Waals surface area contributed by atoms with Crippen molar-refractivity contribution in [2.45, 2.75) is 45.0 Å². The lowest BCUT2D eigenvalue weighted by Crippen LogP contribution is -2.46. The van der Waals surface area contributed by atoms with Crippen molar-refractivity contribution in [3.05, 3.63) is 71.6 Å². The van der Waals surface area contributed by atoms with Gasteiger partial charge < -0.3 is 14.4 Å². The van der Waals surface area contributed by atoms with E-state index in [1.54, 1.807) is 28.0 Å². The van der Waals surface area contributed by atoms with Gasteiger partial charge in [0.2, 0.25) is 5.78 Å². The number of carbonyl (C=O) groups excluding carboxylic acids is 1. The lowest BCUT2D eigenvalue weighted by atomic mass is 10.0. The fourth-order valence-electron chi connectivity index (χ4n) is 4.97. The number of Topliss-reactive ketones (excluding diaryl/α,β-unsaturated/α-hetero) is 1. The summed E-state index contributed by atoms with van der Waals surface area (Å²) in [7, 11) is 1.49. The van der Waals surface area contributed by atoms with Crippen LogP contribution in [0.25, 0.3) is 5.69 Å². The fourth-order valence-corrected chi connectivity index (χ4v) is 4.97. The van der Waals surface area contributed by atoms with Gasteiger partial charge in [0, 0.05) is 25.9 Å². The highest BCUT2D eigenvalue weighted by atomic mass is 19.1. The summed E-state index contributed by atoms with van der Waals surface area (Å²) < 4.78 is 28.4. The molecule has 184 valence electrons. The minimum atomic E-state index is -0.756. The lowest BCUT2D eigenvalue weighted by molar-refractivity contribution is -0.124. The first-order chi connectivity index (χ1) is 16.9. The Kier molecular flexibility index (Phi) is 6.53. The average molecular weight is 480 g/mol. The average Bonchev–Trinajstić information content (AvgIpc) is 3.34. The summed E-state index contributed by atoms with van der Waals surface area (Å²) in [6.07, 6.45) is 3.85. The summed E-state index contributed by atoms with van der Waals surface area (Å²) in [5, 5.41) is 10.6. The van der Waals surface area contributed by atoms with Crippen LogP contribution < -0.4 is 0 Å². The number of nitrogens with zero attached hydrogens (tertiary/aromatic N) is 5. The van der Waals surface area contributed by atoms with Crippen molar-refractivity contribution in [2.75, 3.05) is 26.7 Å². The number of halogens is 1. The van der Waals surface area contributed by atoms with Crippen LogP contribution in [0.4, 0.5) is 4.39 Å². The van der Waals surface area contributed by atoms with Crippen LogP contribution in [0.2, 0.25) is 0 Å². The van der Waals surface area contributed by atoms with Gasteiger partial charge in [-0.2, -0.15) is 10.2 Å². The van der Waals surface area contributed by atoms with E-state index >= 15 is 4.39 Å². The zero-order valence-corrected chi connectivity index (χ0v) is 20.2. The lowest BCUT2D eigenvalue weighted by Gasteiger charge is -2.39. The number of carbonyl (C=O) groups is 1. The second kappa shape index (κ2) is 9.75. The van der Waals surface area contributed by atoms with Gasteiger partial charge >= 0.3 is 0 Å². The maximum absolute atomic E-state index is 15.5. The van der Waals surface area contributed by atoms with Gasteiger partial charge in [0.1, 0.15) is 11.9 Å². The van der Waals surface area contributed by atoms with Crippen LogP contribution in [-0.4, -0.2) is 76.2 Å². The van der Waals surface area contributed by atoms with Gasteiger partial charge in [0.05, 0.1) is 42.0 Å². The Morgan fingerprint density at radius 2 is 1.80 bits per heavy atom. The Bertz CT molecular complexity index is 1180. The summed E-state index contributed by atoms with van der Waals surface area (Å²) in [6.45, 7) is 5.73. The van der Waals surface area contributed by atoms with Crippen molar-refractivity contribution in [3.63, 3.8) is 0 Å². The molecule has 1 saturated heterocycles. The van der Waals surface area contributed by atoms with Crippen molar-refractivity contribution in [3.8, 4) is 5.69 Å². The number of aromatic nitrogens is 2. The molecular formula is C26H30FN5O3. The maximum atomic E-state index is 15.5. The Morgan fingerprint density at radius 3 is 2.49 bits per heavy atom. The topological polar surface area (TPSA) is 72.2 Å². The first-order valence-electron chi connectivity index (χ1n) is 12.0. The molecule has 0 N–H and O–H groups in total. The molecule has 2 unspecified atom stereocenters. The molecule has 0 saturated carbocycles. The summed E-state index contributed by atoms with van der Waals surface area (Å²) in [5.41, 5.74) is 2.98. The number of allylic oxidation sites excluding steroid dienone is 4. The van der Waals surface area contributed by atoms with Crippen molar-refractivity contribution < 1.29 is 18.7 Å². The smallest absolute Gasteiger partial charge is 0.215 e. The van der Waals surface area contributed by atoms with Gasteiger partial charge in [-0.25, -0.2) is 9.07 Å². The molecule has 3 atom stereocenters. The molecule has 9 heteroatoms. The zero-order chi connectivity index (χ0) is 24.5. The van der Waals surface area contributed by atoms with Crippen LogP contribution in [0, 0.1) is 0 Å². The summed E-state index contributed by atoms with van der Waals surface area (Å²) in [6, 6.07) is 11.3. The number of morpholine rings is 1. The third-order valence-corrected chi connectivity index (χ3v) is 6.58.